The second kappa shape index (κ2) is 12.0. The molecule has 0 atom stereocenters. The summed E-state index contributed by atoms with van der Waals surface area (Å²) in [6, 6.07) is 20.0. The zero-order valence-electron chi connectivity index (χ0n) is 22.5. The van der Waals surface area contributed by atoms with Crippen molar-refractivity contribution in [2.45, 2.75) is 17.7 Å². The van der Waals surface area contributed by atoms with E-state index in [1.54, 1.807) is 66.3 Å². The van der Waals surface area contributed by atoms with Crippen molar-refractivity contribution in [3.63, 3.8) is 0 Å². The van der Waals surface area contributed by atoms with Gasteiger partial charge < -0.3 is 15.4 Å². The standard InChI is InChI=1S/C30H27N5O5S.ClH/c1-34-17-24(26(36)14-9-19-7-10-21(11-8-19)30(31)32)23-16-22(12-13-25(23)34)35(18-28(37)38)41(39,40)27-6-2-4-20-5-3-15-33-29(20)27;/h2-8,10-13,15-17H,9,14,18H2,1H3,(H3,31,32)(H,37,38);1H. The first-order valence-electron chi connectivity index (χ1n) is 12.7. The number of nitrogens with two attached hydrogens (primary N) is 1. The van der Waals surface area contributed by atoms with Crippen LogP contribution in [0, 0.1) is 5.41 Å². The second-order valence-corrected chi connectivity index (χ2v) is 11.5. The molecule has 0 unspecified atom stereocenters. The summed E-state index contributed by atoms with van der Waals surface area (Å²) in [6.07, 6.45) is 3.83. The van der Waals surface area contributed by atoms with Crippen molar-refractivity contribution in [1.29, 1.82) is 5.41 Å². The predicted octanol–water partition coefficient (Wildman–Crippen LogP) is 4.53. The summed E-state index contributed by atoms with van der Waals surface area (Å²) >= 11 is 0. The number of pyridine rings is 1. The molecule has 0 radical (unpaired) electrons. The molecule has 0 saturated carbocycles. The van der Waals surface area contributed by atoms with E-state index in [0.717, 1.165) is 9.87 Å². The number of halogens is 1. The molecular weight excluding hydrogens is 578 g/mol. The minimum atomic E-state index is -4.35. The van der Waals surface area contributed by atoms with Crippen molar-refractivity contribution in [2.24, 2.45) is 12.8 Å². The minimum Gasteiger partial charge on any atom is -0.480 e. The van der Waals surface area contributed by atoms with Crippen molar-refractivity contribution in [1.82, 2.24) is 9.55 Å². The summed E-state index contributed by atoms with van der Waals surface area (Å²) < 4.78 is 30.4. The number of aryl methyl sites for hydroxylation is 2. The molecule has 0 aliphatic carbocycles. The van der Waals surface area contributed by atoms with E-state index in [-0.39, 0.29) is 46.5 Å². The van der Waals surface area contributed by atoms with Crippen LogP contribution in [0.1, 0.15) is 27.9 Å². The van der Waals surface area contributed by atoms with E-state index in [1.807, 2.05) is 12.1 Å². The van der Waals surface area contributed by atoms with Crippen LogP contribution in [-0.2, 0) is 28.3 Å². The van der Waals surface area contributed by atoms with Gasteiger partial charge in [0.2, 0.25) is 0 Å². The van der Waals surface area contributed by atoms with Gasteiger partial charge in [-0.05, 0) is 42.3 Å². The third kappa shape index (κ3) is 5.83. The number of fused-ring (bicyclic) bond motifs is 2. The van der Waals surface area contributed by atoms with Crippen molar-refractivity contribution >= 4 is 67.5 Å². The number of aliphatic carboxylic acids is 1. The summed E-state index contributed by atoms with van der Waals surface area (Å²) in [4.78, 5) is 29.3. The maximum absolute atomic E-state index is 13.9. The quantitative estimate of drug-likeness (QED) is 0.120. The second-order valence-electron chi connectivity index (χ2n) is 9.63. The van der Waals surface area contributed by atoms with E-state index >= 15 is 0 Å². The largest absolute Gasteiger partial charge is 0.480 e. The Morgan fingerprint density at radius 3 is 2.45 bits per heavy atom. The molecular formula is C30H28ClN5O5S. The molecule has 42 heavy (non-hydrogen) atoms. The van der Waals surface area contributed by atoms with Gasteiger partial charge in [-0.1, -0.05) is 42.5 Å². The molecule has 0 aliphatic heterocycles. The maximum Gasteiger partial charge on any atom is 0.324 e. The summed E-state index contributed by atoms with van der Waals surface area (Å²) in [6.45, 7) is -0.816. The molecule has 0 spiro atoms. The predicted molar refractivity (Wildman–Crippen MR) is 164 cm³/mol. The topological polar surface area (TPSA) is 159 Å². The highest BCUT2D eigenvalue weighted by molar-refractivity contribution is 7.93. The molecule has 10 nitrogen and oxygen atoms in total. The van der Waals surface area contributed by atoms with Crippen molar-refractivity contribution < 1.29 is 23.1 Å². The molecule has 0 bridgehead atoms. The molecule has 0 aliphatic rings. The molecule has 3 aromatic carbocycles. The smallest absolute Gasteiger partial charge is 0.324 e. The van der Waals surface area contributed by atoms with Gasteiger partial charge in [0.15, 0.2) is 5.78 Å². The molecule has 5 rings (SSSR count). The summed E-state index contributed by atoms with van der Waals surface area (Å²) in [5.41, 5.74) is 8.48. The van der Waals surface area contributed by atoms with E-state index in [1.165, 1.54) is 18.3 Å². The molecule has 2 heterocycles. The Labute approximate surface area is 248 Å². The molecule has 4 N–H and O–H groups in total. The van der Waals surface area contributed by atoms with Gasteiger partial charge in [0.05, 0.1) is 11.2 Å². The van der Waals surface area contributed by atoms with Gasteiger partial charge in [-0.3, -0.25) is 24.3 Å². The summed E-state index contributed by atoms with van der Waals surface area (Å²) in [5.74, 6) is -1.51. The fraction of sp³-hybridized carbons (Fsp3) is 0.133. The lowest BCUT2D eigenvalue weighted by Crippen LogP contribution is -2.36. The lowest BCUT2D eigenvalue weighted by Gasteiger charge is -2.23. The Hall–Kier alpha value is -4.74. The molecule has 0 fully saturated rings. The Morgan fingerprint density at radius 2 is 1.76 bits per heavy atom. The monoisotopic (exact) mass is 605 g/mol. The number of hydrogen-bond donors (Lipinski definition) is 3. The number of aromatic nitrogens is 2. The Balaban J connectivity index is 0.00000405. The number of amidine groups is 1. The number of rotatable bonds is 10. The van der Waals surface area contributed by atoms with E-state index in [4.69, 9.17) is 11.1 Å². The normalized spacial score (nSPS) is 11.3. The number of hydrogen-bond acceptors (Lipinski definition) is 6. The molecule has 0 amide bonds. The van der Waals surface area contributed by atoms with Gasteiger partial charge in [0, 0.05) is 53.3 Å². The van der Waals surface area contributed by atoms with Crippen molar-refractivity contribution in [3.8, 4) is 0 Å². The van der Waals surface area contributed by atoms with Crippen LogP contribution in [0.15, 0.2) is 90.1 Å². The Morgan fingerprint density at radius 1 is 1.05 bits per heavy atom. The highest BCUT2D eigenvalue weighted by atomic mass is 35.5. The molecule has 12 heteroatoms. The number of carboxylic acids is 1. The van der Waals surface area contributed by atoms with E-state index in [0.29, 0.717) is 33.8 Å². The Kier molecular flexibility index (Phi) is 8.64. The number of sulfonamides is 1. The van der Waals surface area contributed by atoms with Crippen LogP contribution in [-0.4, -0.2) is 47.2 Å². The number of Topliss-reactive ketones (excluding diaryl/α,β-unsaturated/α-hetero) is 1. The number of carbonyl (C=O) groups is 2. The van der Waals surface area contributed by atoms with Gasteiger partial charge in [-0.2, -0.15) is 0 Å². The highest BCUT2D eigenvalue weighted by Crippen LogP contribution is 2.32. The number of ketones is 1. The number of carboxylic acid groups (broad SMARTS) is 1. The zero-order chi connectivity index (χ0) is 29.3. The zero-order valence-corrected chi connectivity index (χ0v) is 24.2. The average Bonchev–Trinajstić information content (AvgIpc) is 3.29. The van der Waals surface area contributed by atoms with Gasteiger partial charge in [0.1, 0.15) is 17.3 Å². The lowest BCUT2D eigenvalue weighted by molar-refractivity contribution is -0.135. The molecule has 2 aromatic heterocycles. The Bertz CT molecular complexity index is 1930. The molecule has 216 valence electrons. The van der Waals surface area contributed by atoms with Crippen molar-refractivity contribution in [2.75, 3.05) is 10.8 Å². The highest BCUT2D eigenvalue weighted by Gasteiger charge is 2.30. The number of benzene rings is 3. The van der Waals surface area contributed by atoms with Gasteiger partial charge in [-0.25, -0.2) is 8.42 Å². The average molecular weight is 606 g/mol. The van der Waals surface area contributed by atoms with Crippen molar-refractivity contribution in [3.05, 3.63) is 102 Å². The van der Waals surface area contributed by atoms with Crippen LogP contribution < -0.4 is 10.0 Å². The van der Waals surface area contributed by atoms with Crippen LogP contribution in [0.4, 0.5) is 5.69 Å². The van der Waals surface area contributed by atoms with Gasteiger partial charge in [-0.15, -0.1) is 12.4 Å². The number of anilines is 1. The first kappa shape index (κ1) is 30.2. The van der Waals surface area contributed by atoms with E-state index in [9.17, 15) is 23.1 Å². The fourth-order valence-electron chi connectivity index (χ4n) is 4.84. The van der Waals surface area contributed by atoms with Crippen LogP contribution >= 0.6 is 12.4 Å². The van der Waals surface area contributed by atoms with Crippen LogP contribution in [0.25, 0.3) is 21.8 Å². The first-order valence-corrected chi connectivity index (χ1v) is 14.1. The minimum absolute atomic E-state index is 0. The fourth-order valence-corrected chi connectivity index (χ4v) is 6.42. The number of nitrogens with one attached hydrogen (secondary N) is 1. The summed E-state index contributed by atoms with van der Waals surface area (Å²) in [5, 5.41) is 18.3. The first-order chi connectivity index (χ1) is 19.6. The third-order valence-corrected chi connectivity index (χ3v) is 8.72. The number of carbonyl (C=O) groups excluding carboxylic acids is 1. The van der Waals surface area contributed by atoms with E-state index < -0.39 is 22.5 Å². The molecule has 5 aromatic rings. The number of para-hydroxylation sites is 1. The van der Waals surface area contributed by atoms with Crippen LogP contribution in [0.3, 0.4) is 0 Å². The van der Waals surface area contributed by atoms with Crippen LogP contribution in [0.2, 0.25) is 0 Å². The number of nitrogens with zero attached hydrogens (tertiary/aromatic N) is 3. The lowest BCUT2D eigenvalue weighted by atomic mass is 10.0. The summed E-state index contributed by atoms with van der Waals surface area (Å²) in [7, 11) is -2.57. The van der Waals surface area contributed by atoms with E-state index in [2.05, 4.69) is 4.98 Å². The third-order valence-electron chi connectivity index (χ3n) is 6.91. The SMILES string of the molecule is Cl.Cn1cc(C(=O)CCc2ccc(C(=N)N)cc2)c2cc(N(CC(=O)O)S(=O)(=O)c3cccc4cccnc34)ccc21. The van der Waals surface area contributed by atoms with Gasteiger partial charge in [0.25, 0.3) is 10.0 Å². The number of nitrogen functional groups attached to an aromatic ring is 1. The van der Waals surface area contributed by atoms with Crippen LogP contribution in [0.5, 0.6) is 0 Å². The maximum atomic E-state index is 13.9. The van der Waals surface area contributed by atoms with Gasteiger partial charge >= 0.3 is 5.97 Å². The molecule has 0 saturated heterocycles.